The zero-order chi connectivity index (χ0) is 22.5. The first-order chi connectivity index (χ1) is 14.8. The lowest BCUT2D eigenvalue weighted by Crippen LogP contribution is -2.24. The maximum Gasteiger partial charge on any atom is 0.306 e. The average Bonchev–Trinajstić information content (AvgIpc) is 2.76. The van der Waals surface area contributed by atoms with Crippen molar-refractivity contribution in [3.8, 4) is 17.4 Å². The van der Waals surface area contributed by atoms with Gasteiger partial charge in [-0.2, -0.15) is 4.98 Å². The fourth-order valence-corrected chi connectivity index (χ4v) is 3.20. The SMILES string of the molecule is COC(=O)C[C@H](c1ccc(OC)c(OCC(N)=O)c1)c1c(O)nc2ccccn2c1=O. The molecular weight excluding hydrogens is 406 g/mol. The number of ether oxygens (including phenoxy) is 3. The molecule has 3 aromatic rings. The van der Waals surface area contributed by atoms with Gasteiger partial charge in [-0.15, -0.1) is 0 Å². The lowest BCUT2D eigenvalue weighted by Gasteiger charge is -2.19. The number of benzene rings is 1. The summed E-state index contributed by atoms with van der Waals surface area (Å²) >= 11 is 0. The Morgan fingerprint density at radius 1 is 1.19 bits per heavy atom. The number of methoxy groups -OCH3 is 2. The molecule has 0 unspecified atom stereocenters. The Bertz CT molecular complexity index is 1190. The number of esters is 1. The van der Waals surface area contributed by atoms with Crippen LogP contribution in [0.5, 0.6) is 17.4 Å². The third-order valence-corrected chi connectivity index (χ3v) is 4.66. The summed E-state index contributed by atoms with van der Waals surface area (Å²) in [6.07, 6.45) is 1.26. The van der Waals surface area contributed by atoms with E-state index in [9.17, 15) is 19.5 Å². The molecule has 1 amide bonds. The number of hydrogen-bond acceptors (Lipinski definition) is 8. The van der Waals surface area contributed by atoms with Crippen LogP contribution >= 0.6 is 0 Å². The summed E-state index contributed by atoms with van der Waals surface area (Å²) in [4.78, 5) is 40.5. The number of carbonyl (C=O) groups excluding carboxylic acids is 2. The Labute approximate surface area is 176 Å². The van der Waals surface area contributed by atoms with Gasteiger partial charge in [-0.25, -0.2) is 0 Å². The van der Waals surface area contributed by atoms with Crippen LogP contribution in [-0.2, 0) is 14.3 Å². The second-order valence-corrected chi connectivity index (χ2v) is 6.58. The van der Waals surface area contributed by atoms with Gasteiger partial charge in [-0.1, -0.05) is 12.1 Å². The van der Waals surface area contributed by atoms with E-state index in [-0.39, 0.29) is 23.4 Å². The number of aromatic hydroxyl groups is 1. The molecule has 0 radical (unpaired) electrons. The monoisotopic (exact) mass is 427 g/mol. The molecule has 2 aromatic heterocycles. The second kappa shape index (κ2) is 9.16. The fraction of sp³-hybridized carbons (Fsp3) is 0.238. The lowest BCUT2D eigenvalue weighted by molar-refractivity contribution is -0.140. The van der Waals surface area contributed by atoms with Gasteiger partial charge in [0.15, 0.2) is 18.1 Å². The number of pyridine rings is 1. The molecule has 10 nitrogen and oxygen atoms in total. The molecular formula is C21H21N3O7. The number of primary amides is 1. The van der Waals surface area contributed by atoms with Crippen LogP contribution in [0.2, 0.25) is 0 Å². The number of fused-ring (bicyclic) bond motifs is 1. The minimum absolute atomic E-state index is 0.0832. The van der Waals surface area contributed by atoms with E-state index in [1.54, 1.807) is 30.3 Å². The van der Waals surface area contributed by atoms with Crippen molar-refractivity contribution in [3.63, 3.8) is 0 Å². The van der Waals surface area contributed by atoms with Crippen molar-refractivity contribution in [3.05, 3.63) is 64.1 Å². The van der Waals surface area contributed by atoms with Gasteiger partial charge in [0.25, 0.3) is 11.5 Å². The van der Waals surface area contributed by atoms with E-state index in [1.807, 2.05) is 0 Å². The maximum absolute atomic E-state index is 13.2. The van der Waals surface area contributed by atoms with Gasteiger partial charge >= 0.3 is 5.97 Å². The quantitative estimate of drug-likeness (QED) is 0.506. The van der Waals surface area contributed by atoms with Crippen molar-refractivity contribution < 1.29 is 28.9 Å². The average molecular weight is 427 g/mol. The Hall–Kier alpha value is -4.08. The van der Waals surface area contributed by atoms with E-state index in [2.05, 4.69) is 4.98 Å². The number of aromatic nitrogens is 2. The molecule has 0 aliphatic carbocycles. The van der Waals surface area contributed by atoms with Crippen molar-refractivity contribution in [1.82, 2.24) is 9.38 Å². The summed E-state index contributed by atoms with van der Waals surface area (Å²) in [6, 6.07) is 9.58. The van der Waals surface area contributed by atoms with Gasteiger partial charge in [0.2, 0.25) is 5.88 Å². The van der Waals surface area contributed by atoms with Crippen molar-refractivity contribution in [2.75, 3.05) is 20.8 Å². The fourth-order valence-electron chi connectivity index (χ4n) is 3.20. The van der Waals surface area contributed by atoms with Crippen LogP contribution in [-0.4, -0.2) is 47.2 Å². The molecule has 0 saturated carbocycles. The van der Waals surface area contributed by atoms with Crippen LogP contribution in [0, 0.1) is 0 Å². The van der Waals surface area contributed by atoms with Gasteiger partial charge < -0.3 is 25.1 Å². The maximum atomic E-state index is 13.2. The summed E-state index contributed by atoms with van der Waals surface area (Å²) in [7, 11) is 2.64. The smallest absolute Gasteiger partial charge is 0.306 e. The molecule has 3 N–H and O–H groups in total. The zero-order valence-electron chi connectivity index (χ0n) is 16.9. The van der Waals surface area contributed by atoms with Crippen LogP contribution in [0.1, 0.15) is 23.5 Å². The number of nitrogens with zero attached hydrogens (tertiary/aromatic N) is 2. The summed E-state index contributed by atoms with van der Waals surface area (Å²) in [6.45, 7) is -0.396. The number of hydrogen-bond donors (Lipinski definition) is 2. The first-order valence-corrected chi connectivity index (χ1v) is 9.21. The third kappa shape index (κ3) is 4.58. The minimum atomic E-state index is -0.911. The molecule has 2 heterocycles. The van der Waals surface area contributed by atoms with Crippen LogP contribution in [0.15, 0.2) is 47.4 Å². The first-order valence-electron chi connectivity index (χ1n) is 9.21. The second-order valence-electron chi connectivity index (χ2n) is 6.58. The van der Waals surface area contributed by atoms with E-state index in [0.29, 0.717) is 11.3 Å². The molecule has 162 valence electrons. The summed E-state index contributed by atoms with van der Waals surface area (Å²) in [5.74, 6) is -2.20. The molecule has 0 bridgehead atoms. The van der Waals surface area contributed by atoms with Gasteiger partial charge in [0.05, 0.1) is 26.2 Å². The largest absolute Gasteiger partial charge is 0.493 e. The van der Waals surface area contributed by atoms with Crippen LogP contribution in [0.4, 0.5) is 0 Å². The molecule has 3 rings (SSSR count). The number of carbonyl (C=O) groups is 2. The van der Waals surface area contributed by atoms with Gasteiger partial charge in [-0.05, 0) is 29.8 Å². The van der Waals surface area contributed by atoms with Crippen LogP contribution in [0.3, 0.4) is 0 Å². The normalized spacial score (nSPS) is 11.7. The van der Waals surface area contributed by atoms with E-state index >= 15 is 0 Å². The lowest BCUT2D eigenvalue weighted by atomic mass is 9.89. The summed E-state index contributed by atoms with van der Waals surface area (Å²) < 4.78 is 16.7. The predicted molar refractivity (Wildman–Crippen MR) is 109 cm³/mol. The van der Waals surface area contributed by atoms with Gasteiger partial charge in [0, 0.05) is 12.1 Å². The van der Waals surface area contributed by atoms with E-state index in [1.165, 1.54) is 30.9 Å². The van der Waals surface area contributed by atoms with Crippen LogP contribution < -0.4 is 20.8 Å². The molecule has 1 aromatic carbocycles. The molecule has 0 spiro atoms. The summed E-state index contributed by atoms with van der Waals surface area (Å²) in [5.41, 5.74) is 5.22. The number of nitrogens with two attached hydrogens (primary N) is 1. The van der Waals surface area contributed by atoms with Crippen LogP contribution in [0.25, 0.3) is 5.65 Å². The Morgan fingerprint density at radius 2 is 1.97 bits per heavy atom. The van der Waals surface area contributed by atoms with Crippen molar-refractivity contribution in [2.24, 2.45) is 5.73 Å². The highest BCUT2D eigenvalue weighted by Gasteiger charge is 2.28. The first kappa shape index (κ1) is 21.6. The number of amides is 1. The Balaban J connectivity index is 2.18. The predicted octanol–water partition coefficient (Wildman–Crippen LogP) is 0.968. The molecule has 0 saturated heterocycles. The highest BCUT2D eigenvalue weighted by Crippen LogP contribution is 2.36. The molecule has 0 fully saturated rings. The Kier molecular flexibility index (Phi) is 6.39. The zero-order valence-corrected chi connectivity index (χ0v) is 16.9. The molecule has 10 heteroatoms. The molecule has 31 heavy (non-hydrogen) atoms. The molecule has 0 aliphatic rings. The van der Waals surface area contributed by atoms with E-state index in [0.717, 1.165) is 0 Å². The Morgan fingerprint density at radius 3 is 2.65 bits per heavy atom. The van der Waals surface area contributed by atoms with Gasteiger partial charge in [0.1, 0.15) is 5.65 Å². The third-order valence-electron chi connectivity index (χ3n) is 4.66. The molecule has 0 aliphatic heterocycles. The highest BCUT2D eigenvalue weighted by molar-refractivity contribution is 5.75. The summed E-state index contributed by atoms with van der Waals surface area (Å²) in [5, 5.41) is 10.6. The number of rotatable bonds is 8. The topological polar surface area (TPSA) is 142 Å². The van der Waals surface area contributed by atoms with Crippen molar-refractivity contribution in [2.45, 2.75) is 12.3 Å². The molecule has 1 atom stereocenters. The van der Waals surface area contributed by atoms with Gasteiger partial charge in [-0.3, -0.25) is 18.8 Å². The minimum Gasteiger partial charge on any atom is -0.493 e. The van der Waals surface area contributed by atoms with E-state index < -0.39 is 35.8 Å². The van der Waals surface area contributed by atoms with Crippen molar-refractivity contribution in [1.29, 1.82) is 0 Å². The highest BCUT2D eigenvalue weighted by atomic mass is 16.5. The standard InChI is InChI=1S/C21H21N3O7/c1-29-14-7-6-12(9-15(14)31-11-16(22)25)13(10-18(26)30-2)19-20(27)23-17-5-3-4-8-24(17)21(19)28/h3-9,13,27H,10-11H2,1-2H3,(H2,22,25)/t13-/m1/s1. The van der Waals surface area contributed by atoms with Crippen molar-refractivity contribution >= 4 is 17.5 Å². The van der Waals surface area contributed by atoms with E-state index in [4.69, 9.17) is 19.9 Å².